The highest BCUT2D eigenvalue weighted by atomic mass is 19.1. The normalized spacial score (nSPS) is 10.5. The minimum absolute atomic E-state index is 0.324. The Bertz CT molecular complexity index is 575. The van der Waals surface area contributed by atoms with Crippen LogP contribution in [0.15, 0.2) is 36.5 Å². The molecule has 5 heteroatoms. The fraction of sp³-hybridized carbons (Fsp3) is 0.214. The smallest absolute Gasteiger partial charge is 0.146 e. The van der Waals surface area contributed by atoms with Crippen molar-refractivity contribution in [2.75, 3.05) is 11.4 Å². The molecule has 1 N–H and O–H groups in total. The van der Waals surface area contributed by atoms with Gasteiger partial charge in [-0.15, -0.1) is 0 Å². The molecule has 0 spiro atoms. The van der Waals surface area contributed by atoms with E-state index in [1.54, 1.807) is 23.1 Å². The average Bonchev–Trinajstić information content (AvgIpc) is 2.43. The maximum atomic E-state index is 13.8. The molecule has 0 atom stereocenters. The third-order valence-electron chi connectivity index (χ3n) is 2.79. The van der Waals surface area contributed by atoms with Crippen LogP contribution in [0.25, 0.3) is 0 Å². The minimum Gasteiger partial charge on any atom is -0.392 e. The summed E-state index contributed by atoms with van der Waals surface area (Å²) in [5.41, 5.74) is 0.670. The van der Waals surface area contributed by atoms with E-state index in [-0.39, 0.29) is 12.4 Å². The molecule has 0 aliphatic rings. The number of aliphatic hydroxyl groups excluding tert-OH is 1. The van der Waals surface area contributed by atoms with Gasteiger partial charge in [0.05, 0.1) is 18.5 Å². The van der Waals surface area contributed by atoms with E-state index in [0.717, 1.165) is 6.20 Å². The molecule has 0 aliphatic carbocycles. The van der Waals surface area contributed by atoms with Gasteiger partial charge >= 0.3 is 0 Å². The van der Waals surface area contributed by atoms with Gasteiger partial charge < -0.3 is 10.0 Å². The lowest BCUT2D eigenvalue weighted by atomic mass is 10.2. The zero-order chi connectivity index (χ0) is 13.8. The van der Waals surface area contributed by atoms with Gasteiger partial charge in [-0.05, 0) is 25.1 Å². The molecule has 2 rings (SSSR count). The fourth-order valence-electron chi connectivity index (χ4n) is 1.94. The molecule has 0 aliphatic heterocycles. The molecule has 0 saturated carbocycles. The summed E-state index contributed by atoms with van der Waals surface area (Å²) in [6.45, 7) is 1.93. The van der Waals surface area contributed by atoms with Crippen molar-refractivity contribution < 1.29 is 13.9 Å². The fourth-order valence-corrected chi connectivity index (χ4v) is 1.94. The van der Waals surface area contributed by atoms with Gasteiger partial charge in [-0.25, -0.2) is 13.8 Å². The van der Waals surface area contributed by atoms with Crippen LogP contribution in [-0.2, 0) is 6.61 Å². The van der Waals surface area contributed by atoms with Crippen molar-refractivity contribution in [3.63, 3.8) is 0 Å². The van der Waals surface area contributed by atoms with Crippen LogP contribution in [0.3, 0.4) is 0 Å². The summed E-state index contributed by atoms with van der Waals surface area (Å²) in [6, 6.07) is 7.47. The van der Waals surface area contributed by atoms with E-state index in [9.17, 15) is 13.9 Å². The van der Waals surface area contributed by atoms with Crippen molar-refractivity contribution in [1.29, 1.82) is 0 Å². The number of pyridine rings is 1. The summed E-state index contributed by atoms with van der Waals surface area (Å²) in [7, 11) is 0. The van der Waals surface area contributed by atoms with Crippen molar-refractivity contribution in [2.24, 2.45) is 0 Å². The second kappa shape index (κ2) is 5.75. The third kappa shape index (κ3) is 2.71. The van der Waals surface area contributed by atoms with E-state index in [4.69, 9.17) is 0 Å². The molecule has 100 valence electrons. The first-order valence-corrected chi connectivity index (χ1v) is 5.94. The standard InChI is InChI=1S/C14H14F2N2O/c1-2-18(13-6-4-3-5-12(13)16)14-10(9-19)7-11(15)8-17-14/h3-8,19H,2,9H2,1H3. The molecule has 19 heavy (non-hydrogen) atoms. The SMILES string of the molecule is CCN(c1ccccc1F)c1ncc(F)cc1CO. The summed E-state index contributed by atoms with van der Waals surface area (Å²) >= 11 is 0. The number of para-hydroxylation sites is 1. The quantitative estimate of drug-likeness (QED) is 0.922. The van der Waals surface area contributed by atoms with Crippen LogP contribution in [0.4, 0.5) is 20.3 Å². The number of rotatable bonds is 4. The van der Waals surface area contributed by atoms with Gasteiger partial charge in [0.15, 0.2) is 0 Å². The highest BCUT2D eigenvalue weighted by Gasteiger charge is 2.16. The molecule has 0 unspecified atom stereocenters. The van der Waals surface area contributed by atoms with E-state index < -0.39 is 5.82 Å². The first kappa shape index (κ1) is 13.4. The topological polar surface area (TPSA) is 36.4 Å². The number of hydrogen-bond donors (Lipinski definition) is 1. The Hall–Kier alpha value is -2.01. The van der Waals surface area contributed by atoms with Gasteiger partial charge in [0.25, 0.3) is 0 Å². The van der Waals surface area contributed by atoms with E-state index in [1.165, 1.54) is 12.1 Å². The molecule has 3 nitrogen and oxygen atoms in total. The highest BCUT2D eigenvalue weighted by Crippen LogP contribution is 2.28. The maximum absolute atomic E-state index is 13.8. The molecule has 0 amide bonds. The molecule has 2 aromatic rings. The van der Waals surface area contributed by atoms with E-state index in [2.05, 4.69) is 4.98 Å². The molecule has 0 fully saturated rings. The van der Waals surface area contributed by atoms with Gasteiger partial charge in [0.2, 0.25) is 0 Å². The highest BCUT2D eigenvalue weighted by molar-refractivity contribution is 5.63. The lowest BCUT2D eigenvalue weighted by molar-refractivity contribution is 0.281. The summed E-state index contributed by atoms with van der Waals surface area (Å²) in [4.78, 5) is 5.56. The van der Waals surface area contributed by atoms with Crippen LogP contribution < -0.4 is 4.90 Å². The van der Waals surface area contributed by atoms with Gasteiger partial charge in [-0.1, -0.05) is 12.1 Å². The van der Waals surface area contributed by atoms with Crippen molar-refractivity contribution in [1.82, 2.24) is 4.98 Å². The number of hydrogen-bond acceptors (Lipinski definition) is 3. The lowest BCUT2D eigenvalue weighted by Gasteiger charge is -2.24. The van der Waals surface area contributed by atoms with Crippen molar-refractivity contribution in [2.45, 2.75) is 13.5 Å². The number of aliphatic hydroxyl groups is 1. The van der Waals surface area contributed by atoms with Crippen LogP contribution in [0.5, 0.6) is 0 Å². The first-order chi connectivity index (χ1) is 9.17. The summed E-state index contributed by atoms with van der Waals surface area (Å²) < 4.78 is 26.9. The van der Waals surface area contributed by atoms with Crippen molar-refractivity contribution >= 4 is 11.5 Å². The molecule has 1 aromatic heterocycles. The maximum Gasteiger partial charge on any atom is 0.146 e. The van der Waals surface area contributed by atoms with Crippen LogP contribution in [-0.4, -0.2) is 16.6 Å². The molecule has 1 heterocycles. The Morgan fingerprint density at radius 3 is 2.63 bits per heavy atom. The van der Waals surface area contributed by atoms with Gasteiger partial charge in [-0.2, -0.15) is 0 Å². The second-order valence-corrected chi connectivity index (χ2v) is 3.99. The number of anilines is 2. The molecular weight excluding hydrogens is 250 g/mol. The van der Waals surface area contributed by atoms with Crippen LogP contribution >= 0.6 is 0 Å². The first-order valence-electron chi connectivity index (χ1n) is 5.94. The number of halogens is 2. The largest absolute Gasteiger partial charge is 0.392 e. The predicted molar refractivity (Wildman–Crippen MR) is 69.2 cm³/mol. The summed E-state index contributed by atoms with van der Waals surface area (Å²) in [5, 5.41) is 9.28. The van der Waals surface area contributed by atoms with Gasteiger partial charge in [-0.3, -0.25) is 0 Å². The summed E-state index contributed by atoms with van der Waals surface area (Å²) in [5.74, 6) is -0.562. The average molecular weight is 264 g/mol. The Morgan fingerprint density at radius 1 is 1.26 bits per heavy atom. The molecular formula is C14H14F2N2O. The van der Waals surface area contributed by atoms with Crippen LogP contribution in [0.1, 0.15) is 12.5 Å². The Labute approximate surface area is 110 Å². The number of nitrogens with zero attached hydrogens (tertiary/aromatic N) is 2. The Balaban J connectivity index is 2.51. The molecule has 0 bridgehead atoms. The van der Waals surface area contributed by atoms with Crippen LogP contribution in [0, 0.1) is 11.6 Å². The predicted octanol–water partition coefficient (Wildman–Crippen LogP) is 3.01. The van der Waals surface area contributed by atoms with E-state index >= 15 is 0 Å². The van der Waals surface area contributed by atoms with Crippen molar-refractivity contribution in [3.05, 3.63) is 53.7 Å². The minimum atomic E-state index is -0.530. The molecule has 1 aromatic carbocycles. The second-order valence-electron chi connectivity index (χ2n) is 3.99. The van der Waals surface area contributed by atoms with Crippen LogP contribution in [0.2, 0.25) is 0 Å². The zero-order valence-corrected chi connectivity index (χ0v) is 10.5. The lowest BCUT2D eigenvalue weighted by Crippen LogP contribution is -2.20. The molecule has 0 saturated heterocycles. The zero-order valence-electron chi connectivity index (χ0n) is 10.5. The van der Waals surface area contributed by atoms with Gasteiger partial charge in [0.1, 0.15) is 17.5 Å². The van der Waals surface area contributed by atoms with Crippen molar-refractivity contribution in [3.8, 4) is 0 Å². The van der Waals surface area contributed by atoms with E-state index in [1.807, 2.05) is 6.92 Å². The Morgan fingerprint density at radius 2 is 2.00 bits per heavy atom. The van der Waals surface area contributed by atoms with Gasteiger partial charge in [0, 0.05) is 12.1 Å². The Kier molecular flexibility index (Phi) is 4.06. The monoisotopic (exact) mass is 264 g/mol. The molecule has 0 radical (unpaired) electrons. The number of benzene rings is 1. The van der Waals surface area contributed by atoms with E-state index in [0.29, 0.717) is 23.6 Å². The summed E-state index contributed by atoms with van der Waals surface area (Å²) in [6.07, 6.45) is 1.05. The number of aromatic nitrogens is 1. The third-order valence-corrected chi connectivity index (χ3v) is 2.79.